The molecular weight excluding hydrogens is 264 g/mol. The number of carbonyl (C=O) groups is 1. The molecule has 2 rings (SSSR count). The smallest absolute Gasteiger partial charge is 0.465 e. The highest BCUT2D eigenvalue weighted by atomic mass is 19.1. The van der Waals surface area contributed by atoms with Gasteiger partial charge in [-0.3, -0.25) is 5.32 Å². The quantitative estimate of drug-likeness (QED) is 0.815. The molecule has 1 amide bonds. The summed E-state index contributed by atoms with van der Waals surface area (Å²) in [6, 6.07) is 4.15. The van der Waals surface area contributed by atoms with E-state index < -0.39 is 30.2 Å². The summed E-state index contributed by atoms with van der Waals surface area (Å²) in [5.74, 6) is -0.667. The third-order valence-electron chi connectivity index (χ3n) is 3.76. The van der Waals surface area contributed by atoms with E-state index in [1.165, 1.54) is 12.1 Å². The summed E-state index contributed by atoms with van der Waals surface area (Å²) in [7, 11) is -0.673. The van der Waals surface area contributed by atoms with Crippen molar-refractivity contribution in [1.29, 1.82) is 0 Å². The second-order valence-electron chi connectivity index (χ2n) is 5.76. The summed E-state index contributed by atoms with van der Waals surface area (Å²) in [6.45, 7) is 7.63. The van der Waals surface area contributed by atoms with Crippen LogP contribution in [0.3, 0.4) is 0 Å². The fraction of sp³-hybridized carbons (Fsp3) is 0.462. The summed E-state index contributed by atoms with van der Waals surface area (Å²) in [5.41, 5.74) is -0.604. The number of benzene rings is 1. The molecule has 0 aromatic heterocycles. The molecule has 108 valence electrons. The largest absolute Gasteiger partial charge is 0.494 e. The summed E-state index contributed by atoms with van der Waals surface area (Å²) in [4.78, 5) is 10.5. The maximum Gasteiger partial charge on any atom is 0.494 e. The van der Waals surface area contributed by atoms with Crippen LogP contribution in [0.2, 0.25) is 0 Å². The number of amides is 1. The summed E-state index contributed by atoms with van der Waals surface area (Å²) in [5, 5.41) is 10.6. The van der Waals surface area contributed by atoms with E-state index in [4.69, 9.17) is 14.4 Å². The summed E-state index contributed by atoms with van der Waals surface area (Å²) >= 11 is 0. The maximum absolute atomic E-state index is 13.8. The van der Waals surface area contributed by atoms with E-state index in [0.29, 0.717) is 5.46 Å². The maximum atomic E-state index is 13.8. The highest BCUT2D eigenvalue weighted by Crippen LogP contribution is 2.36. The molecule has 1 aromatic carbocycles. The zero-order chi connectivity index (χ0) is 15.1. The first kappa shape index (κ1) is 14.8. The van der Waals surface area contributed by atoms with Gasteiger partial charge in [-0.2, -0.15) is 0 Å². The van der Waals surface area contributed by atoms with Gasteiger partial charge in [-0.25, -0.2) is 9.18 Å². The van der Waals surface area contributed by atoms with E-state index in [-0.39, 0.29) is 5.69 Å². The number of anilines is 1. The van der Waals surface area contributed by atoms with E-state index in [0.717, 1.165) is 0 Å². The molecule has 0 bridgehead atoms. The first-order valence-electron chi connectivity index (χ1n) is 6.27. The van der Waals surface area contributed by atoms with Crippen molar-refractivity contribution in [3.05, 3.63) is 24.0 Å². The molecule has 2 N–H and O–H groups in total. The van der Waals surface area contributed by atoms with E-state index in [1.807, 2.05) is 33.0 Å². The Kier molecular flexibility index (Phi) is 3.52. The number of halogens is 1. The Labute approximate surface area is 117 Å². The zero-order valence-corrected chi connectivity index (χ0v) is 11.9. The van der Waals surface area contributed by atoms with Crippen LogP contribution in [0.5, 0.6) is 0 Å². The number of rotatable bonds is 2. The Balaban J connectivity index is 2.24. The molecule has 20 heavy (non-hydrogen) atoms. The Bertz CT molecular complexity index is 531. The number of carboxylic acid groups (broad SMARTS) is 1. The van der Waals surface area contributed by atoms with E-state index in [1.54, 1.807) is 6.07 Å². The monoisotopic (exact) mass is 281 g/mol. The number of hydrogen-bond donors (Lipinski definition) is 2. The minimum absolute atomic E-state index is 0.0993. The van der Waals surface area contributed by atoms with Crippen LogP contribution >= 0.6 is 0 Å². The lowest BCUT2D eigenvalue weighted by Gasteiger charge is -2.32. The van der Waals surface area contributed by atoms with Crippen molar-refractivity contribution in [2.24, 2.45) is 0 Å². The van der Waals surface area contributed by atoms with Gasteiger partial charge in [0.05, 0.1) is 16.9 Å². The van der Waals surface area contributed by atoms with Crippen molar-refractivity contribution >= 4 is 24.4 Å². The van der Waals surface area contributed by atoms with Crippen molar-refractivity contribution in [2.75, 3.05) is 5.32 Å². The Hall–Kier alpha value is -1.60. The normalized spacial score (nSPS) is 19.9. The third kappa shape index (κ3) is 2.64. The molecule has 0 radical (unpaired) electrons. The van der Waals surface area contributed by atoms with E-state index in [2.05, 4.69) is 0 Å². The molecule has 0 unspecified atom stereocenters. The van der Waals surface area contributed by atoms with Crippen molar-refractivity contribution in [3.8, 4) is 0 Å². The van der Waals surface area contributed by atoms with Crippen molar-refractivity contribution in [1.82, 2.24) is 0 Å². The standard InChI is InChI=1S/C13H17BFNO4/c1-12(2)13(3,4)20-14(19-12)8-5-6-10(9(15)7-8)16-11(17)18/h5-7,16H,1-4H3,(H,17,18). The van der Waals surface area contributed by atoms with Gasteiger partial charge in [-0.1, -0.05) is 6.07 Å². The van der Waals surface area contributed by atoms with Crippen LogP contribution in [0.1, 0.15) is 27.7 Å². The second-order valence-corrected chi connectivity index (χ2v) is 5.76. The zero-order valence-electron chi connectivity index (χ0n) is 11.9. The van der Waals surface area contributed by atoms with Gasteiger partial charge in [0.1, 0.15) is 5.82 Å². The average molecular weight is 281 g/mol. The Morgan fingerprint density at radius 1 is 1.25 bits per heavy atom. The lowest BCUT2D eigenvalue weighted by atomic mass is 9.79. The molecule has 1 aromatic rings. The molecule has 7 heteroatoms. The molecule has 0 saturated carbocycles. The average Bonchev–Trinajstić information content (AvgIpc) is 2.50. The Morgan fingerprint density at radius 3 is 2.25 bits per heavy atom. The van der Waals surface area contributed by atoms with Crippen LogP contribution in [-0.2, 0) is 9.31 Å². The molecule has 1 aliphatic heterocycles. The topological polar surface area (TPSA) is 67.8 Å². The van der Waals surface area contributed by atoms with Gasteiger partial charge in [0.25, 0.3) is 0 Å². The van der Waals surface area contributed by atoms with E-state index in [9.17, 15) is 9.18 Å². The van der Waals surface area contributed by atoms with Crippen LogP contribution in [0, 0.1) is 5.82 Å². The molecular formula is C13H17BFNO4. The van der Waals surface area contributed by atoms with Gasteiger partial charge in [0, 0.05) is 0 Å². The van der Waals surface area contributed by atoms with Crippen LogP contribution in [0.15, 0.2) is 18.2 Å². The fourth-order valence-corrected chi connectivity index (χ4v) is 1.87. The highest BCUT2D eigenvalue weighted by Gasteiger charge is 2.51. The predicted molar refractivity (Wildman–Crippen MR) is 73.8 cm³/mol. The lowest BCUT2D eigenvalue weighted by Crippen LogP contribution is -2.41. The van der Waals surface area contributed by atoms with Crippen LogP contribution in [0.25, 0.3) is 0 Å². The summed E-state index contributed by atoms with van der Waals surface area (Å²) < 4.78 is 25.4. The minimum atomic E-state index is -1.31. The SMILES string of the molecule is CC1(C)OB(c2ccc(NC(=O)O)c(F)c2)OC1(C)C. The molecule has 1 saturated heterocycles. The molecule has 1 fully saturated rings. The molecule has 5 nitrogen and oxygen atoms in total. The van der Waals surface area contributed by atoms with Crippen LogP contribution in [-0.4, -0.2) is 29.5 Å². The molecule has 1 heterocycles. The lowest BCUT2D eigenvalue weighted by molar-refractivity contribution is 0.00578. The summed E-state index contributed by atoms with van der Waals surface area (Å²) in [6.07, 6.45) is -1.31. The number of hydrogen-bond acceptors (Lipinski definition) is 3. The van der Waals surface area contributed by atoms with E-state index >= 15 is 0 Å². The van der Waals surface area contributed by atoms with Crippen molar-refractivity contribution in [3.63, 3.8) is 0 Å². The van der Waals surface area contributed by atoms with Gasteiger partial charge in [0.15, 0.2) is 0 Å². The van der Waals surface area contributed by atoms with Crippen LogP contribution in [0.4, 0.5) is 14.9 Å². The van der Waals surface area contributed by atoms with Gasteiger partial charge < -0.3 is 14.4 Å². The fourth-order valence-electron chi connectivity index (χ4n) is 1.87. The first-order chi connectivity index (χ1) is 9.12. The van der Waals surface area contributed by atoms with Crippen molar-refractivity contribution in [2.45, 2.75) is 38.9 Å². The predicted octanol–water partition coefficient (Wildman–Crippen LogP) is 2.21. The molecule has 0 aliphatic carbocycles. The van der Waals surface area contributed by atoms with Gasteiger partial charge in [-0.15, -0.1) is 0 Å². The first-order valence-corrected chi connectivity index (χ1v) is 6.27. The second kappa shape index (κ2) is 4.75. The van der Waals surface area contributed by atoms with Gasteiger partial charge in [-0.05, 0) is 45.3 Å². The van der Waals surface area contributed by atoms with Gasteiger partial charge in [0.2, 0.25) is 0 Å². The third-order valence-corrected chi connectivity index (χ3v) is 3.76. The van der Waals surface area contributed by atoms with Crippen molar-refractivity contribution < 1.29 is 23.6 Å². The van der Waals surface area contributed by atoms with Crippen LogP contribution < -0.4 is 10.8 Å². The van der Waals surface area contributed by atoms with Gasteiger partial charge >= 0.3 is 13.2 Å². The number of nitrogens with one attached hydrogen (secondary N) is 1. The molecule has 1 aliphatic rings. The Morgan fingerprint density at radius 2 is 1.80 bits per heavy atom. The molecule has 0 atom stereocenters. The minimum Gasteiger partial charge on any atom is -0.465 e. The molecule has 0 spiro atoms. The highest BCUT2D eigenvalue weighted by molar-refractivity contribution is 6.62.